The molecule has 4 aliphatic rings. The molecule has 0 saturated heterocycles. The van der Waals surface area contributed by atoms with Gasteiger partial charge in [0.05, 0.1) is 18.2 Å². The van der Waals surface area contributed by atoms with Crippen molar-refractivity contribution in [3.05, 3.63) is 11.6 Å². The minimum atomic E-state index is -0.427. The number of carbonyl (C=O) groups excluding carboxylic acids is 1. The summed E-state index contributed by atoms with van der Waals surface area (Å²) in [6.07, 6.45) is 8.79. The molecule has 4 aliphatic carbocycles. The quantitative estimate of drug-likeness (QED) is 0.639. The maximum Gasteiger partial charge on any atom is 0.217 e. The van der Waals surface area contributed by atoms with Crippen molar-refractivity contribution in [2.45, 2.75) is 84.0 Å². The van der Waals surface area contributed by atoms with Crippen LogP contribution in [-0.2, 0) is 4.79 Å². The van der Waals surface area contributed by atoms with Gasteiger partial charge >= 0.3 is 0 Å². The number of aliphatic hydroxyl groups is 2. The number of carbonyl (C=O) groups is 1. The number of rotatable bonds is 1. The van der Waals surface area contributed by atoms with Gasteiger partial charge in [-0.3, -0.25) is 4.79 Å². The standard InChI is InChI=1S/C21H33NO3/c1-12(23)22-19-18(25)11-17-15-5-4-13-10-14(24)6-8-20(13,2)16(15)7-9-21(17,19)3/h4,14-19,24-25H,5-11H2,1-3H3,(H,22,23)/t14-,15+,16-,17-,18-,19+,20-,21-/m0/s1. The monoisotopic (exact) mass is 347 g/mol. The van der Waals surface area contributed by atoms with Gasteiger partial charge in [-0.2, -0.15) is 0 Å². The van der Waals surface area contributed by atoms with E-state index in [9.17, 15) is 15.0 Å². The highest BCUT2D eigenvalue weighted by atomic mass is 16.3. The summed E-state index contributed by atoms with van der Waals surface area (Å²) in [6.45, 7) is 6.26. The van der Waals surface area contributed by atoms with E-state index in [4.69, 9.17) is 0 Å². The van der Waals surface area contributed by atoms with E-state index >= 15 is 0 Å². The lowest BCUT2D eigenvalue weighted by atomic mass is 9.48. The number of aliphatic hydroxyl groups excluding tert-OH is 2. The Kier molecular flexibility index (Phi) is 4.08. The van der Waals surface area contributed by atoms with Crippen LogP contribution in [0.15, 0.2) is 11.6 Å². The topological polar surface area (TPSA) is 69.6 Å². The van der Waals surface area contributed by atoms with Crippen LogP contribution in [0.3, 0.4) is 0 Å². The number of amides is 1. The molecular weight excluding hydrogens is 314 g/mol. The Bertz CT molecular complexity index is 602. The Morgan fingerprint density at radius 1 is 1.20 bits per heavy atom. The molecule has 1 amide bonds. The van der Waals surface area contributed by atoms with Crippen LogP contribution in [0.5, 0.6) is 0 Å². The molecule has 3 fully saturated rings. The molecule has 4 rings (SSSR count). The highest BCUT2D eigenvalue weighted by molar-refractivity contribution is 5.73. The zero-order chi connectivity index (χ0) is 18.0. The van der Waals surface area contributed by atoms with Crippen molar-refractivity contribution in [3.63, 3.8) is 0 Å². The van der Waals surface area contributed by atoms with Gasteiger partial charge in [-0.05, 0) is 73.5 Å². The van der Waals surface area contributed by atoms with Crippen LogP contribution in [0, 0.1) is 28.6 Å². The maximum atomic E-state index is 11.7. The maximum absolute atomic E-state index is 11.7. The summed E-state index contributed by atoms with van der Waals surface area (Å²) in [4.78, 5) is 11.7. The van der Waals surface area contributed by atoms with Gasteiger partial charge in [0.2, 0.25) is 5.91 Å². The van der Waals surface area contributed by atoms with E-state index in [0.29, 0.717) is 17.8 Å². The van der Waals surface area contributed by atoms with E-state index in [-0.39, 0.29) is 28.9 Å². The summed E-state index contributed by atoms with van der Waals surface area (Å²) < 4.78 is 0. The van der Waals surface area contributed by atoms with Crippen LogP contribution in [0.25, 0.3) is 0 Å². The van der Waals surface area contributed by atoms with Crippen molar-refractivity contribution in [2.75, 3.05) is 0 Å². The van der Waals surface area contributed by atoms with Crippen molar-refractivity contribution in [2.24, 2.45) is 28.6 Å². The van der Waals surface area contributed by atoms with Crippen LogP contribution < -0.4 is 5.32 Å². The Labute approximate surface area is 151 Å². The van der Waals surface area contributed by atoms with Crippen molar-refractivity contribution in [1.29, 1.82) is 0 Å². The van der Waals surface area contributed by atoms with Crippen LogP contribution in [0.1, 0.15) is 65.7 Å². The summed E-state index contributed by atoms with van der Waals surface area (Å²) >= 11 is 0. The first-order valence-electron chi connectivity index (χ1n) is 10.1. The summed E-state index contributed by atoms with van der Waals surface area (Å²) in [5, 5.41) is 23.8. The van der Waals surface area contributed by atoms with Crippen molar-refractivity contribution in [1.82, 2.24) is 5.32 Å². The van der Waals surface area contributed by atoms with Gasteiger partial charge in [-0.15, -0.1) is 0 Å². The normalized spacial score (nSPS) is 51.8. The van der Waals surface area contributed by atoms with E-state index in [1.54, 1.807) is 6.92 Å². The van der Waals surface area contributed by atoms with Gasteiger partial charge < -0.3 is 15.5 Å². The Morgan fingerprint density at radius 3 is 2.68 bits per heavy atom. The van der Waals surface area contributed by atoms with Crippen LogP contribution in [0.4, 0.5) is 0 Å². The third-order valence-electron chi connectivity index (χ3n) is 8.46. The summed E-state index contributed by atoms with van der Waals surface area (Å²) in [7, 11) is 0. The van der Waals surface area contributed by atoms with Crippen molar-refractivity contribution < 1.29 is 15.0 Å². The van der Waals surface area contributed by atoms with E-state index < -0.39 is 6.10 Å². The predicted octanol–water partition coefficient (Wildman–Crippen LogP) is 2.79. The zero-order valence-electron chi connectivity index (χ0n) is 15.8. The van der Waals surface area contributed by atoms with Gasteiger partial charge in [0.1, 0.15) is 0 Å². The Morgan fingerprint density at radius 2 is 1.96 bits per heavy atom. The predicted molar refractivity (Wildman–Crippen MR) is 96.7 cm³/mol. The molecule has 0 aromatic carbocycles. The molecule has 0 heterocycles. The molecule has 140 valence electrons. The lowest BCUT2D eigenvalue weighted by Crippen LogP contribution is -2.55. The second-order valence-electron chi connectivity index (χ2n) is 9.68. The number of allylic oxidation sites excluding steroid dienone is 1. The van der Waals surface area contributed by atoms with E-state index in [2.05, 4.69) is 25.2 Å². The Hall–Kier alpha value is -0.870. The Balaban J connectivity index is 1.64. The molecule has 0 bridgehead atoms. The smallest absolute Gasteiger partial charge is 0.217 e. The van der Waals surface area contributed by atoms with E-state index in [1.807, 2.05) is 0 Å². The van der Waals surface area contributed by atoms with Gasteiger partial charge in [-0.1, -0.05) is 25.5 Å². The van der Waals surface area contributed by atoms with Gasteiger partial charge in [0.15, 0.2) is 0 Å². The average molecular weight is 347 g/mol. The molecule has 25 heavy (non-hydrogen) atoms. The molecule has 0 spiro atoms. The minimum absolute atomic E-state index is 0.00212. The summed E-state index contributed by atoms with van der Waals surface area (Å²) in [5.74, 6) is 1.68. The SMILES string of the molecule is CC(=O)N[C@@H]1[C@@H](O)C[C@H]2[C@@H]3CC=C4C[C@@H](O)CC[C@]4(C)[C@H]3CC[C@]12C. The molecule has 3 N–H and O–H groups in total. The van der Waals surface area contributed by atoms with Crippen LogP contribution >= 0.6 is 0 Å². The lowest BCUT2D eigenvalue weighted by Gasteiger charge is -2.57. The highest BCUT2D eigenvalue weighted by Crippen LogP contribution is 2.64. The second kappa shape index (κ2) is 5.82. The number of hydrogen-bond acceptors (Lipinski definition) is 3. The fourth-order valence-corrected chi connectivity index (χ4v) is 7.14. The van der Waals surface area contributed by atoms with Crippen molar-refractivity contribution in [3.8, 4) is 0 Å². The lowest BCUT2D eigenvalue weighted by molar-refractivity contribution is -0.122. The first-order chi connectivity index (χ1) is 11.8. The summed E-state index contributed by atoms with van der Waals surface area (Å²) in [6, 6.07) is -0.109. The third kappa shape index (κ3) is 2.51. The van der Waals surface area contributed by atoms with Gasteiger partial charge in [0.25, 0.3) is 0 Å². The number of nitrogens with one attached hydrogen (secondary N) is 1. The molecule has 8 atom stereocenters. The van der Waals surface area contributed by atoms with E-state index in [1.165, 1.54) is 12.0 Å². The van der Waals surface area contributed by atoms with Crippen molar-refractivity contribution >= 4 is 5.91 Å². The second-order valence-corrected chi connectivity index (χ2v) is 9.68. The summed E-state index contributed by atoms with van der Waals surface area (Å²) in [5.41, 5.74) is 1.70. The largest absolute Gasteiger partial charge is 0.393 e. The zero-order valence-corrected chi connectivity index (χ0v) is 15.8. The van der Waals surface area contributed by atoms with Crippen LogP contribution in [-0.4, -0.2) is 34.4 Å². The molecule has 4 nitrogen and oxygen atoms in total. The molecule has 0 radical (unpaired) electrons. The highest BCUT2D eigenvalue weighted by Gasteiger charge is 2.61. The van der Waals surface area contributed by atoms with Gasteiger partial charge in [-0.25, -0.2) is 0 Å². The first kappa shape index (κ1) is 17.5. The molecule has 3 saturated carbocycles. The number of hydrogen-bond donors (Lipinski definition) is 3. The first-order valence-corrected chi connectivity index (χ1v) is 10.1. The molecular formula is C21H33NO3. The van der Waals surface area contributed by atoms with Gasteiger partial charge in [0, 0.05) is 6.92 Å². The minimum Gasteiger partial charge on any atom is -0.393 e. The van der Waals surface area contributed by atoms with E-state index in [0.717, 1.165) is 38.5 Å². The third-order valence-corrected chi connectivity index (χ3v) is 8.46. The molecule has 4 heteroatoms. The molecule has 0 aromatic heterocycles. The molecule has 0 aliphatic heterocycles. The van der Waals surface area contributed by atoms with Crippen LogP contribution in [0.2, 0.25) is 0 Å². The number of fused-ring (bicyclic) bond motifs is 5. The fourth-order valence-electron chi connectivity index (χ4n) is 7.14. The molecule has 0 unspecified atom stereocenters. The average Bonchev–Trinajstić information content (AvgIpc) is 2.79. The molecule has 0 aromatic rings. The fraction of sp³-hybridized carbons (Fsp3) is 0.857.